The largest absolute Gasteiger partial charge is 0.343 e. The Labute approximate surface area is 183 Å². The first-order chi connectivity index (χ1) is 14.8. The van der Waals surface area contributed by atoms with E-state index in [-0.39, 0.29) is 17.4 Å². The molecule has 0 bridgehead atoms. The Morgan fingerprint density at radius 2 is 1.90 bits per heavy atom. The van der Waals surface area contributed by atoms with Crippen molar-refractivity contribution in [3.8, 4) is 0 Å². The Balaban J connectivity index is 1.46. The summed E-state index contributed by atoms with van der Waals surface area (Å²) in [5.41, 5.74) is 0.186. The molecule has 170 valence electrons. The summed E-state index contributed by atoms with van der Waals surface area (Å²) in [7, 11) is 4.02. The van der Waals surface area contributed by atoms with Gasteiger partial charge in [-0.15, -0.1) is 0 Å². The SMILES string of the molecule is CN1CCC(N(C)C(=O)CCC2CCCN(C(=O)/C=C/c3ccc(F)cc3F)C2)CC1. The second kappa shape index (κ2) is 10.8. The van der Waals surface area contributed by atoms with Gasteiger partial charge in [0.15, 0.2) is 0 Å². The van der Waals surface area contributed by atoms with E-state index >= 15 is 0 Å². The van der Waals surface area contributed by atoms with Crippen molar-refractivity contribution >= 4 is 17.9 Å². The van der Waals surface area contributed by atoms with E-state index in [2.05, 4.69) is 11.9 Å². The molecule has 3 rings (SSSR count). The number of nitrogens with zero attached hydrogens (tertiary/aromatic N) is 3. The van der Waals surface area contributed by atoms with E-state index in [0.717, 1.165) is 51.3 Å². The number of halogens is 2. The first-order valence-corrected chi connectivity index (χ1v) is 11.2. The number of rotatable bonds is 6. The average Bonchev–Trinajstić information content (AvgIpc) is 2.77. The lowest BCUT2D eigenvalue weighted by Gasteiger charge is -2.36. The van der Waals surface area contributed by atoms with E-state index in [4.69, 9.17) is 0 Å². The van der Waals surface area contributed by atoms with Crippen molar-refractivity contribution < 1.29 is 18.4 Å². The minimum Gasteiger partial charge on any atom is -0.343 e. The quantitative estimate of drug-likeness (QED) is 0.645. The van der Waals surface area contributed by atoms with E-state index in [1.54, 1.807) is 4.90 Å². The van der Waals surface area contributed by atoms with Crippen molar-refractivity contribution in [2.24, 2.45) is 5.92 Å². The lowest BCUT2D eigenvalue weighted by atomic mass is 9.92. The summed E-state index contributed by atoms with van der Waals surface area (Å²) < 4.78 is 26.8. The zero-order chi connectivity index (χ0) is 22.4. The fraction of sp³-hybridized carbons (Fsp3) is 0.583. The van der Waals surface area contributed by atoms with Crippen LogP contribution in [0.25, 0.3) is 6.08 Å². The van der Waals surface area contributed by atoms with Crippen molar-refractivity contribution in [1.82, 2.24) is 14.7 Å². The van der Waals surface area contributed by atoms with Crippen molar-refractivity contribution in [3.63, 3.8) is 0 Å². The molecule has 5 nitrogen and oxygen atoms in total. The topological polar surface area (TPSA) is 43.9 Å². The highest BCUT2D eigenvalue weighted by atomic mass is 19.1. The van der Waals surface area contributed by atoms with Crippen molar-refractivity contribution in [2.75, 3.05) is 40.3 Å². The molecule has 0 N–H and O–H groups in total. The van der Waals surface area contributed by atoms with Crippen LogP contribution in [0.4, 0.5) is 8.78 Å². The van der Waals surface area contributed by atoms with Gasteiger partial charge in [-0.25, -0.2) is 8.78 Å². The number of benzene rings is 1. The Bertz CT molecular complexity index is 806. The van der Waals surface area contributed by atoms with Gasteiger partial charge < -0.3 is 14.7 Å². The minimum atomic E-state index is -0.687. The molecule has 2 amide bonds. The predicted molar refractivity (Wildman–Crippen MR) is 117 cm³/mol. The molecule has 2 saturated heterocycles. The van der Waals surface area contributed by atoms with Crippen LogP contribution in [0.3, 0.4) is 0 Å². The van der Waals surface area contributed by atoms with Gasteiger partial charge in [-0.05, 0) is 76.4 Å². The minimum absolute atomic E-state index is 0.178. The van der Waals surface area contributed by atoms with Crippen LogP contribution in [-0.2, 0) is 9.59 Å². The van der Waals surface area contributed by atoms with Crippen LogP contribution in [0.2, 0.25) is 0 Å². The number of piperidine rings is 2. The van der Waals surface area contributed by atoms with Crippen LogP contribution in [0.1, 0.15) is 44.1 Å². The second-order valence-electron chi connectivity index (χ2n) is 8.87. The van der Waals surface area contributed by atoms with Crippen LogP contribution in [0.5, 0.6) is 0 Å². The number of carbonyl (C=O) groups is 2. The lowest BCUT2D eigenvalue weighted by Crippen LogP contribution is -2.44. The highest BCUT2D eigenvalue weighted by Crippen LogP contribution is 2.23. The van der Waals surface area contributed by atoms with Crippen molar-refractivity contribution in [2.45, 2.75) is 44.6 Å². The van der Waals surface area contributed by atoms with E-state index in [9.17, 15) is 18.4 Å². The normalized spacial score (nSPS) is 20.9. The molecular weight excluding hydrogens is 400 g/mol. The van der Waals surface area contributed by atoms with Gasteiger partial charge in [0.2, 0.25) is 11.8 Å². The van der Waals surface area contributed by atoms with E-state index in [1.165, 1.54) is 24.3 Å². The van der Waals surface area contributed by atoms with Crippen LogP contribution >= 0.6 is 0 Å². The second-order valence-corrected chi connectivity index (χ2v) is 8.87. The molecule has 0 aromatic heterocycles. The molecule has 1 aromatic carbocycles. The fourth-order valence-electron chi connectivity index (χ4n) is 4.49. The molecule has 2 fully saturated rings. The number of amides is 2. The summed E-state index contributed by atoms with van der Waals surface area (Å²) in [5.74, 6) is -1.03. The first-order valence-electron chi connectivity index (χ1n) is 11.2. The Hall–Kier alpha value is -2.28. The highest BCUT2D eigenvalue weighted by molar-refractivity contribution is 5.91. The molecule has 2 aliphatic heterocycles. The van der Waals surface area contributed by atoms with Crippen molar-refractivity contribution in [3.05, 3.63) is 41.5 Å². The summed E-state index contributed by atoms with van der Waals surface area (Å²) in [6, 6.07) is 3.62. The smallest absolute Gasteiger partial charge is 0.246 e. The molecule has 1 unspecified atom stereocenters. The summed E-state index contributed by atoms with van der Waals surface area (Å²) in [6.07, 6.45) is 7.96. The van der Waals surface area contributed by atoms with Gasteiger partial charge in [-0.3, -0.25) is 9.59 Å². The van der Waals surface area contributed by atoms with Crippen LogP contribution in [-0.4, -0.2) is 72.8 Å². The van der Waals surface area contributed by atoms with E-state index in [1.807, 2.05) is 11.9 Å². The molecule has 0 saturated carbocycles. The molecule has 1 atom stereocenters. The maximum atomic E-state index is 13.7. The fourth-order valence-corrected chi connectivity index (χ4v) is 4.49. The van der Waals surface area contributed by atoms with Gasteiger partial charge in [-0.1, -0.05) is 0 Å². The van der Waals surface area contributed by atoms with Gasteiger partial charge in [-0.2, -0.15) is 0 Å². The molecule has 0 radical (unpaired) electrons. The standard InChI is InChI=1S/C24H33F2N3O2/c1-27-14-11-21(12-15-27)28(2)23(30)9-5-18-4-3-13-29(17-18)24(31)10-7-19-6-8-20(25)16-22(19)26/h6-8,10,16,18,21H,3-5,9,11-15,17H2,1-2H3/b10-7+. The van der Waals surface area contributed by atoms with Crippen LogP contribution in [0, 0.1) is 17.6 Å². The monoisotopic (exact) mass is 433 g/mol. The first kappa shape index (κ1) is 23.4. The van der Waals surface area contributed by atoms with Gasteiger partial charge >= 0.3 is 0 Å². The number of carbonyl (C=O) groups excluding carboxylic acids is 2. The maximum absolute atomic E-state index is 13.7. The molecular formula is C24H33F2N3O2. The highest BCUT2D eigenvalue weighted by Gasteiger charge is 2.26. The Morgan fingerprint density at radius 3 is 2.61 bits per heavy atom. The van der Waals surface area contributed by atoms with Crippen LogP contribution < -0.4 is 0 Å². The van der Waals surface area contributed by atoms with E-state index in [0.29, 0.717) is 31.5 Å². The van der Waals surface area contributed by atoms with E-state index < -0.39 is 11.6 Å². The zero-order valence-electron chi connectivity index (χ0n) is 18.5. The molecule has 7 heteroatoms. The number of hydrogen-bond donors (Lipinski definition) is 0. The number of likely N-dealkylation sites (tertiary alicyclic amines) is 2. The Kier molecular flexibility index (Phi) is 8.18. The maximum Gasteiger partial charge on any atom is 0.246 e. The third-order valence-corrected chi connectivity index (χ3v) is 6.59. The molecule has 31 heavy (non-hydrogen) atoms. The summed E-state index contributed by atoms with van der Waals surface area (Å²) >= 11 is 0. The van der Waals surface area contributed by atoms with Gasteiger partial charge in [0, 0.05) is 50.3 Å². The summed E-state index contributed by atoms with van der Waals surface area (Å²) in [5, 5.41) is 0. The van der Waals surface area contributed by atoms with Crippen molar-refractivity contribution in [1.29, 1.82) is 0 Å². The lowest BCUT2D eigenvalue weighted by molar-refractivity contribution is -0.133. The summed E-state index contributed by atoms with van der Waals surface area (Å²) in [6.45, 7) is 3.32. The van der Waals surface area contributed by atoms with Crippen LogP contribution in [0.15, 0.2) is 24.3 Å². The third kappa shape index (κ3) is 6.60. The average molecular weight is 434 g/mol. The third-order valence-electron chi connectivity index (χ3n) is 6.59. The zero-order valence-corrected chi connectivity index (χ0v) is 18.5. The molecule has 2 aliphatic rings. The van der Waals surface area contributed by atoms with Gasteiger partial charge in [0.1, 0.15) is 11.6 Å². The van der Waals surface area contributed by atoms with Gasteiger partial charge in [0.25, 0.3) is 0 Å². The van der Waals surface area contributed by atoms with Gasteiger partial charge in [0.05, 0.1) is 0 Å². The number of hydrogen-bond acceptors (Lipinski definition) is 3. The Morgan fingerprint density at radius 1 is 1.16 bits per heavy atom. The molecule has 1 aromatic rings. The molecule has 2 heterocycles. The molecule has 0 aliphatic carbocycles. The summed E-state index contributed by atoms with van der Waals surface area (Å²) in [4.78, 5) is 31.2. The predicted octanol–water partition coefficient (Wildman–Crippen LogP) is 3.55. The molecule has 0 spiro atoms.